The summed E-state index contributed by atoms with van der Waals surface area (Å²) >= 11 is 0. The molecule has 0 saturated heterocycles. The Morgan fingerprint density at radius 2 is 2.31 bits per heavy atom. The van der Waals surface area contributed by atoms with E-state index in [-0.39, 0.29) is 6.54 Å². The van der Waals surface area contributed by atoms with Gasteiger partial charge in [0.15, 0.2) is 0 Å². The van der Waals surface area contributed by atoms with E-state index in [1.54, 1.807) is 0 Å². The summed E-state index contributed by atoms with van der Waals surface area (Å²) in [6.07, 6.45) is -2.32. The van der Waals surface area contributed by atoms with Crippen molar-refractivity contribution in [1.29, 1.82) is 0 Å². The van der Waals surface area contributed by atoms with E-state index in [1.165, 1.54) is 0 Å². The normalized spacial score (nSPS) is 14.2. The van der Waals surface area contributed by atoms with Gasteiger partial charge in [0.05, 0.1) is 12.2 Å². The van der Waals surface area contributed by atoms with Crippen LogP contribution in [0.3, 0.4) is 0 Å². The van der Waals surface area contributed by atoms with Gasteiger partial charge in [0.2, 0.25) is 0 Å². The van der Waals surface area contributed by atoms with Gasteiger partial charge >= 0.3 is 0 Å². The fourth-order valence-corrected chi connectivity index (χ4v) is 1.69. The zero-order valence-corrected chi connectivity index (χ0v) is 8.80. The lowest BCUT2D eigenvalue weighted by atomic mass is 10.1. The topological polar surface area (TPSA) is 33.3 Å². The van der Waals surface area contributed by atoms with Crippen LogP contribution in [0.2, 0.25) is 0 Å². The minimum Gasteiger partial charge on any atom is -0.489 e. The number of rotatable bonds is 4. The molecule has 0 radical (unpaired) electrons. The zero-order valence-electron chi connectivity index (χ0n) is 8.80. The maximum Gasteiger partial charge on any atom is 0.250 e. The van der Waals surface area contributed by atoms with E-state index in [2.05, 4.69) is 10.6 Å². The molecule has 1 aliphatic rings. The van der Waals surface area contributed by atoms with E-state index >= 15 is 0 Å². The van der Waals surface area contributed by atoms with Crippen LogP contribution in [-0.2, 0) is 6.54 Å². The molecule has 0 bridgehead atoms. The number of ether oxygens (including phenoxy) is 1. The molecule has 2 N–H and O–H groups in total. The lowest BCUT2D eigenvalue weighted by Gasteiger charge is -2.21. The average molecular weight is 228 g/mol. The Morgan fingerprint density at radius 3 is 3.12 bits per heavy atom. The molecule has 16 heavy (non-hydrogen) atoms. The third-order valence-electron chi connectivity index (χ3n) is 2.37. The Hall–Kier alpha value is -1.36. The maximum atomic E-state index is 12.0. The first-order chi connectivity index (χ1) is 7.77. The predicted molar refractivity (Wildman–Crippen MR) is 58.1 cm³/mol. The summed E-state index contributed by atoms with van der Waals surface area (Å²) < 4.78 is 29.5. The van der Waals surface area contributed by atoms with Crippen molar-refractivity contribution in [2.75, 3.05) is 25.0 Å². The van der Waals surface area contributed by atoms with Crippen molar-refractivity contribution in [3.8, 4) is 5.75 Å². The molecule has 1 aromatic carbocycles. The van der Waals surface area contributed by atoms with Crippen molar-refractivity contribution >= 4 is 5.69 Å². The first kappa shape index (κ1) is 11.1. The number of hydrogen-bond acceptors (Lipinski definition) is 3. The van der Waals surface area contributed by atoms with Crippen LogP contribution in [-0.4, -0.2) is 26.1 Å². The second-order valence-corrected chi connectivity index (χ2v) is 3.59. The van der Waals surface area contributed by atoms with Crippen LogP contribution in [0.5, 0.6) is 5.75 Å². The number of nitrogens with one attached hydrogen (secondary N) is 2. The fourth-order valence-electron chi connectivity index (χ4n) is 1.69. The number of benzene rings is 1. The highest BCUT2D eigenvalue weighted by molar-refractivity contribution is 5.61. The lowest BCUT2D eigenvalue weighted by molar-refractivity contribution is 0.145. The van der Waals surface area contributed by atoms with Crippen molar-refractivity contribution in [1.82, 2.24) is 5.32 Å². The Balaban J connectivity index is 2.03. The molecule has 5 heteroatoms. The summed E-state index contributed by atoms with van der Waals surface area (Å²) in [6.45, 7) is 1.49. The quantitative estimate of drug-likeness (QED) is 0.825. The van der Waals surface area contributed by atoms with Crippen molar-refractivity contribution in [2.24, 2.45) is 0 Å². The van der Waals surface area contributed by atoms with Gasteiger partial charge in [0, 0.05) is 18.7 Å². The Labute approximate surface area is 92.8 Å². The molecule has 1 heterocycles. The van der Waals surface area contributed by atoms with Crippen LogP contribution in [0.15, 0.2) is 18.2 Å². The second kappa shape index (κ2) is 5.12. The van der Waals surface area contributed by atoms with Crippen LogP contribution < -0.4 is 15.4 Å². The Morgan fingerprint density at radius 1 is 1.44 bits per heavy atom. The van der Waals surface area contributed by atoms with E-state index in [9.17, 15) is 8.78 Å². The number of anilines is 1. The average Bonchev–Trinajstić information content (AvgIpc) is 2.29. The first-order valence-corrected chi connectivity index (χ1v) is 5.25. The number of alkyl halides is 2. The summed E-state index contributed by atoms with van der Waals surface area (Å²) in [5.74, 6) is 0.774. The molecule has 3 nitrogen and oxygen atoms in total. The summed E-state index contributed by atoms with van der Waals surface area (Å²) in [5, 5.41) is 5.89. The zero-order chi connectivity index (χ0) is 11.4. The highest BCUT2D eigenvalue weighted by Crippen LogP contribution is 2.30. The highest BCUT2D eigenvalue weighted by Gasteiger charge is 2.13. The first-order valence-electron chi connectivity index (χ1n) is 5.25. The van der Waals surface area contributed by atoms with Gasteiger partial charge < -0.3 is 15.4 Å². The van der Waals surface area contributed by atoms with Crippen LogP contribution in [0, 0.1) is 0 Å². The standard InChI is InChI=1S/C11H14F2N2O/c12-10(13)7-14-6-8-2-1-3-9-11(8)16-5-4-15-9/h1-3,10,14-15H,4-7H2. The van der Waals surface area contributed by atoms with Gasteiger partial charge in [-0.25, -0.2) is 8.78 Å². The van der Waals surface area contributed by atoms with Gasteiger partial charge in [-0.15, -0.1) is 0 Å². The molecule has 2 rings (SSSR count). The number of para-hydroxylation sites is 1. The molecule has 1 aromatic rings. The van der Waals surface area contributed by atoms with Crippen LogP contribution in [0.25, 0.3) is 0 Å². The van der Waals surface area contributed by atoms with E-state index in [0.29, 0.717) is 13.2 Å². The SMILES string of the molecule is FC(F)CNCc1cccc2c1OCCN2. The van der Waals surface area contributed by atoms with E-state index < -0.39 is 6.43 Å². The van der Waals surface area contributed by atoms with Crippen LogP contribution >= 0.6 is 0 Å². The Bertz CT molecular complexity index is 358. The monoisotopic (exact) mass is 228 g/mol. The summed E-state index contributed by atoms with van der Waals surface area (Å²) in [6, 6.07) is 5.69. The Kier molecular flexibility index (Phi) is 3.56. The smallest absolute Gasteiger partial charge is 0.250 e. The summed E-state index contributed by atoms with van der Waals surface area (Å²) in [4.78, 5) is 0. The minimum atomic E-state index is -2.32. The number of hydrogen-bond donors (Lipinski definition) is 2. The third-order valence-corrected chi connectivity index (χ3v) is 2.37. The number of halogens is 2. The second-order valence-electron chi connectivity index (χ2n) is 3.59. The molecule has 0 unspecified atom stereocenters. The fraction of sp³-hybridized carbons (Fsp3) is 0.455. The van der Waals surface area contributed by atoms with Gasteiger partial charge in [-0.2, -0.15) is 0 Å². The van der Waals surface area contributed by atoms with Gasteiger partial charge in [0.1, 0.15) is 12.4 Å². The highest BCUT2D eigenvalue weighted by atomic mass is 19.3. The molecule has 0 spiro atoms. The van der Waals surface area contributed by atoms with Crippen LogP contribution in [0.4, 0.5) is 14.5 Å². The van der Waals surface area contributed by atoms with Gasteiger partial charge in [-0.3, -0.25) is 0 Å². The van der Waals surface area contributed by atoms with E-state index in [0.717, 1.165) is 23.5 Å². The molecule has 0 aliphatic carbocycles. The molecule has 88 valence electrons. The predicted octanol–water partition coefficient (Wildman–Crippen LogP) is 1.85. The van der Waals surface area contributed by atoms with Gasteiger partial charge in [-0.1, -0.05) is 12.1 Å². The van der Waals surface area contributed by atoms with E-state index in [1.807, 2.05) is 18.2 Å². The maximum absolute atomic E-state index is 12.0. The third kappa shape index (κ3) is 2.61. The number of fused-ring (bicyclic) bond motifs is 1. The molecule has 0 atom stereocenters. The summed E-state index contributed by atoms with van der Waals surface area (Å²) in [5.41, 5.74) is 1.84. The van der Waals surface area contributed by atoms with Crippen molar-refractivity contribution in [3.05, 3.63) is 23.8 Å². The largest absolute Gasteiger partial charge is 0.489 e. The molecule has 0 aromatic heterocycles. The van der Waals surface area contributed by atoms with Crippen LogP contribution in [0.1, 0.15) is 5.56 Å². The summed E-state index contributed by atoms with van der Waals surface area (Å²) in [7, 11) is 0. The van der Waals surface area contributed by atoms with Crippen molar-refractivity contribution in [2.45, 2.75) is 13.0 Å². The van der Waals surface area contributed by atoms with E-state index in [4.69, 9.17) is 4.74 Å². The lowest BCUT2D eigenvalue weighted by Crippen LogP contribution is -2.23. The molecule has 1 aliphatic heterocycles. The molecule has 0 fully saturated rings. The van der Waals surface area contributed by atoms with Gasteiger partial charge in [-0.05, 0) is 6.07 Å². The van der Waals surface area contributed by atoms with Crippen molar-refractivity contribution < 1.29 is 13.5 Å². The van der Waals surface area contributed by atoms with Gasteiger partial charge in [0.25, 0.3) is 6.43 Å². The minimum absolute atomic E-state index is 0.295. The van der Waals surface area contributed by atoms with Crippen molar-refractivity contribution in [3.63, 3.8) is 0 Å². The molecule has 0 saturated carbocycles. The molecular weight excluding hydrogens is 214 g/mol. The molecular formula is C11H14F2N2O. The molecule has 0 amide bonds.